The van der Waals surface area contributed by atoms with Crippen LogP contribution in [-0.4, -0.2) is 26.8 Å². The Balaban J connectivity index is 2.44. The molecule has 2 rings (SSSR count). The van der Waals surface area contributed by atoms with E-state index in [1.54, 1.807) is 24.3 Å². The van der Waals surface area contributed by atoms with E-state index in [9.17, 15) is 18.0 Å². The number of nitrogens with two attached hydrogens (primary N) is 1. The average molecular weight is 441 g/mol. The van der Waals surface area contributed by atoms with Crippen LogP contribution in [0.5, 0.6) is 0 Å². The SMILES string of the molecule is CC(=O)Nc1ccc(S(=O)(=O)N(CC(=O)NN)c2cccc(Br)c2)cc1. The first-order chi connectivity index (χ1) is 12.2. The van der Waals surface area contributed by atoms with Gasteiger partial charge in [0.25, 0.3) is 15.9 Å². The highest BCUT2D eigenvalue weighted by molar-refractivity contribution is 9.10. The van der Waals surface area contributed by atoms with Crippen molar-refractivity contribution >= 4 is 49.1 Å². The predicted octanol–water partition coefficient (Wildman–Crippen LogP) is 1.59. The Bertz CT molecular complexity index is 916. The van der Waals surface area contributed by atoms with Crippen molar-refractivity contribution in [2.75, 3.05) is 16.2 Å². The summed E-state index contributed by atoms with van der Waals surface area (Å²) in [6.45, 7) is 0.869. The number of hydrazine groups is 1. The second-order valence-corrected chi connectivity index (χ2v) is 8.04. The minimum absolute atomic E-state index is 0.0311. The van der Waals surface area contributed by atoms with Gasteiger partial charge < -0.3 is 5.32 Å². The van der Waals surface area contributed by atoms with Gasteiger partial charge in [-0.1, -0.05) is 22.0 Å². The molecule has 0 aliphatic rings. The molecule has 0 aliphatic carbocycles. The lowest BCUT2D eigenvalue weighted by Gasteiger charge is -2.24. The van der Waals surface area contributed by atoms with Crippen LogP contribution in [0.15, 0.2) is 57.9 Å². The maximum Gasteiger partial charge on any atom is 0.264 e. The molecule has 0 unspecified atom stereocenters. The van der Waals surface area contributed by atoms with Crippen LogP contribution >= 0.6 is 15.9 Å². The van der Waals surface area contributed by atoms with Crippen molar-refractivity contribution in [3.63, 3.8) is 0 Å². The molecule has 2 aromatic carbocycles. The molecule has 0 heterocycles. The van der Waals surface area contributed by atoms with Crippen LogP contribution in [0.2, 0.25) is 0 Å². The summed E-state index contributed by atoms with van der Waals surface area (Å²) in [5.41, 5.74) is 2.69. The standard InChI is InChI=1S/C16H17BrN4O4S/c1-11(22)19-13-5-7-15(8-6-13)26(24,25)21(10-16(23)20-18)14-4-2-3-12(17)9-14/h2-9H,10,18H2,1H3,(H,19,22)(H,20,23). The Morgan fingerprint density at radius 1 is 1.15 bits per heavy atom. The van der Waals surface area contributed by atoms with Crippen molar-refractivity contribution in [3.05, 3.63) is 53.0 Å². The third-order valence-electron chi connectivity index (χ3n) is 3.31. The van der Waals surface area contributed by atoms with Crippen molar-refractivity contribution in [2.24, 2.45) is 5.84 Å². The second kappa shape index (κ2) is 8.30. The van der Waals surface area contributed by atoms with E-state index in [1.807, 2.05) is 5.43 Å². The molecule has 2 aromatic rings. The van der Waals surface area contributed by atoms with Gasteiger partial charge in [-0.2, -0.15) is 0 Å². The fourth-order valence-corrected chi connectivity index (χ4v) is 3.96. The molecular formula is C16H17BrN4O4S. The van der Waals surface area contributed by atoms with Crippen molar-refractivity contribution in [1.82, 2.24) is 5.43 Å². The molecule has 0 spiro atoms. The smallest absolute Gasteiger partial charge is 0.264 e. The topological polar surface area (TPSA) is 122 Å². The lowest BCUT2D eigenvalue weighted by atomic mass is 10.3. The van der Waals surface area contributed by atoms with Crippen LogP contribution in [0, 0.1) is 0 Å². The van der Waals surface area contributed by atoms with Gasteiger partial charge in [0.05, 0.1) is 10.6 Å². The van der Waals surface area contributed by atoms with Crippen molar-refractivity contribution in [3.8, 4) is 0 Å². The Morgan fingerprint density at radius 3 is 2.35 bits per heavy atom. The van der Waals surface area contributed by atoms with E-state index in [0.29, 0.717) is 15.8 Å². The number of anilines is 2. The molecule has 138 valence electrons. The molecule has 26 heavy (non-hydrogen) atoms. The largest absolute Gasteiger partial charge is 0.326 e. The van der Waals surface area contributed by atoms with Gasteiger partial charge in [0.2, 0.25) is 5.91 Å². The first kappa shape index (κ1) is 19.9. The number of halogens is 1. The van der Waals surface area contributed by atoms with E-state index < -0.39 is 22.5 Å². The number of carbonyl (C=O) groups excluding carboxylic acids is 2. The minimum atomic E-state index is -4.04. The first-order valence-corrected chi connectivity index (χ1v) is 9.63. The molecular weight excluding hydrogens is 424 g/mol. The minimum Gasteiger partial charge on any atom is -0.326 e. The molecule has 0 radical (unpaired) electrons. The lowest BCUT2D eigenvalue weighted by molar-refractivity contribution is -0.119. The highest BCUT2D eigenvalue weighted by atomic mass is 79.9. The Hall–Kier alpha value is -2.43. The summed E-state index contributed by atoms with van der Waals surface area (Å²) >= 11 is 3.28. The van der Waals surface area contributed by atoms with Crippen LogP contribution in [0.3, 0.4) is 0 Å². The van der Waals surface area contributed by atoms with Crippen LogP contribution in [0.25, 0.3) is 0 Å². The van der Waals surface area contributed by atoms with Gasteiger partial charge >= 0.3 is 0 Å². The summed E-state index contributed by atoms with van der Waals surface area (Å²) in [4.78, 5) is 22.8. The Kier molecular flexibility index (Phi) is 6.35. The molecule has 0 aromatic heterocycles. The first-order valence-electron chi connectivity index (χ1n) is 7.39. The molecule has 0 saturated carbocycles. The quantitative estimate of drug-likeness (QED) is 0.357. The van der Waals surface area contributed by atoms with E-state index >= 15 is 0 Å². The predicted molar refractivity (Wildman–Crippen MR) is 102 cm³/mol. The number of nitrogens with one attached hydrogen (secondary N) is 2. The van der Waals surface area contributed by atoms with E-state index in [-0.39, 0.29) is 10.8 Å². The van der Waals surface area contributed by atoms with E-state index in [2.05, 4.69) is 21.2 Å². The van der Waals surface area contributed by atoms with Gasteiger partial charge in [0.15, 0.2) is 0 Å². The molecule has 0 saturated heterocycles. The zero-order valence-electron chi connectivity index (χ0n) is 13.8. The number of amides is 2. The van der Waals surface area contributed by atoms with E-state index in [1.165, 1.54) is 31.2 Å². The van der Waals surface area contributed by atoms with Crippen LogP contribution < -0.4 is 20.9 Å². The Labute approximate surface area is 159 Å². The number of carbonyl (C=O) groups is 2. The molecule has 0 atom stereocenters. The van der Waals surface area contributed by atoms with Crippen molar-refractivity contribution in [2.45, 2.75) is 11.8 Å². The van der Waals surface area contributed by atoms with Gasteiger partial charge in [-0.3, -0.25) is 19.3 Å². The summed E-state index contributed by atoms with van der Waals surface area (Å²) in [6, 6.07) is 12.2. The van der Waals surface area contributed by atoms with Crippen molar-refractivity contribution < 1.29 is 18.0 Å². The van der Waals surface area contributed by atoms with E-state index in [0.717, 1.165) is 4.31 Å². The molecule has 0 bridgehead atoms. The highest BCUT2D eigenvalue weighted by Crippen LogP contribution is 2.26. The molecule has 2 amide bonds. The third-order valence-corrected chi connectivity index (χ3v) is 5.59. The molecule has 0 aliphatic heterocycles. The fourth-order valence-electron chi connectivity index (χ4n) is 2.16. The molecule has 10 heteroatoms. The lowest BCUT2D eigenvalue weighted by Crippen LogP contribution is -2.43. The van der Waals surface area contributed by atoms with Gasteiger partial charge in [0.1, 0.15) is 6.54 Å². The summed E-state index contributed by atoms with van der Waals surface area (Å²) in [5, 5.41) is 2.56. The maximum absolute atomic E-state index is 13.0. The summed E-state index contributed by atoms with van der Waals surface area (Å²) in [6.07, 6.45) is 0. The zero-order chi connectivity index (χ0) is 19.3. The fraction of sp³-hybridized carbons (Fsp3) is 0.125. The number of hydrogen-bond acceptors (Lipinski definition) is 5. The van der Waals surface area contributed by atoms with E-state index in [4.69, 9.17) is 5.84 Å². The summed E-state index contributed by atoms with van der Waals surface area (Å²) in [5.74, 6) is 4.17. The highest BCUT2D eigenvalue weighted by Gasteiger charge is 2.27. The molecule has 8 nitrogen and oxygen atoms in total. The second-order valence-electron chi connectivity index (χ2n) is 5.26. The normalized spacial score (nSPS) is 10.9. The van der Waals surface area contributed by atoms with Crippen LogP contribution in [-0.2, 0) is 19.6 Å². The summed E-state index contributed by atoms with van der Waals surface area (Å²) < 4.78 is 27.7. The van der Waals surface area contributed by atoms with Crippen molar-refractivity contribution in [1.29, 1.82) is 0 Å². The zero-order valence-corrected chi connectivity index (χ0v) is 16.2. The van der Waals surface area contributed by atoms with Gasteiger partial charge in [-0.05, 0) is 42.5 Å². The third kappa shape index (κ3) is 4.81. The number of nitrogens with zero attached hydrogens (tertiary/aromatic N) is 1. The van der Waals surface area contributed by atoms with Crippen LogP contribution in [0.1, 0.15) is 6.92 Å². The Morgan fingerprint density at radius 2 is 1.81 bits per heavy atom. The average Bonchev–Trinajstić information content (AvgIpc) is 2.59. The monoisotopic (exact) mass is 440 g/mol. The maximum atomic E-state index is 13.0. The van der Waals surface area contributed by atoms with Gasteiger partial charge in [0, 0.05) is 17.1 Å². The summed E-state index contributed by atoms with van der Waals surface area (Å²) in [7, 11) is -4.04. The van der Waals surface area contributed by atoms with Gasteiger partial charge in [-0.25, -0.2) is 14.3 Å². The van der Waals surface area contributed by atoms with Crippen LogP contribution in [0.4, 0.5) is 11.4 Å². The molecule has 0 fully saturated rings. The van der Waals surface area contributed by atoms with Gasteiger partial charge in [-0.15, -0.1) is 0 Å². The number of rotatable bonds is 6. The molecule has 4 N–H and O–H groups in total. The number of hydrogen-bond donors (Lipinski definition) is 3. The number of benzene rings is 2. The number of sulfonamides is 1.